The Balaban J connectivity index is 2.05. The fourth-order valence-electron chi connectivity index (χ4n) is 1.86. The molecule has 21 heavy (non-hydrogen) atoms. The summed E-state index contributed by atoms with van der Waals surface area (Å²) in [5.41, 5.74) is 5.99. The summed E-state index contributed by atoms with van der Waals surface area (Å²) in [5.74, 6) is -1.08. The highest BCUT2D eigenvalue weighted by Gasteiger charge is 2.16. The van der Waals surface area contributed by atoms with Crippen LogP contribution in [0.4, 0.5) is 5.69 Å². The molecular weight excluding hydrogens is 336 g/mol. The van der Waals surface area contributed by atoms with Gasteiger partial charge in [0.05, 0.1) is 34.4 Å². The number of hydrogen-bond donors (Lipinski definition) is 2. The number of nitrogens with two attached hydrogens (primary N) is 1. The van der Waals surface area contributed by atoms with Gasteiger partial charge in [0.25, 0.3) is 5.91 Å². The number of anilines is 1. The minimum Gasteiger partial charge on any atom is -0.366 e. The van der Waals surface area contributed by atoms with Gasteiger partial charge in [0.1, 0.15) is 0 Å². The van der Waals surface area contributed by atoms with Crippen LogP contribution >= 0.6 is 15.9 Å². The number of nitrogens with zero attached hydrogens (tertiary/aromatic N) is 2. The molecule has 7 heteroatoms. The second-order valence-electron chi connectivity index (χ2n) is 4.68. The second kappa shape index (κ2) is 6.53. The lowest BCUT2D eigenvalue weighted by Crippen LogP contribution is -2.26. The number of carbonyl (C=O) groups is 2. The second-order valence-corrected chi connectivity index (χ2v) is 5.60. The van der Waals surface area contributed by atoms with E-state index < -0.39 is 5.91 Å². The fourth-order valence-corrected chi connectivity index (χ4v) is 2.19. The van der Waals surface area contributed by atoms with Gasteiger partial charge in [0.2, 0.25) is 5.91 Å². The normalized spacial score (nSPS) is 11.9. The van der Waals surface area contributed by atoms with Gasteiger partial charge < -0.3 is 11.1 Å². The van der Waals surface area contributed by atoms with Crippen LogP contribution in [0.2, 0.25) is 0 Å². The Labute approximate surface area is 130 Å². The lowest BCUT2D eigenvalue weighted by molar-refractivity contribution is -0.119. The summed E-state index contributed by atoms with van der Waals surface area (Å²) in [4.78, 5) is 23.5. The van der Waals surface area contributed by atoms with Crippen molar-refractivity contribution in [1.29, 1.82) is 0 Å². The van der Waals surface area contributed by atoms with Crippen molar-refractivity contribution in [2.45, 2.75) is 13.5 Å². The van der Waals surface area contributed by atoms with Gasteiger partial charge in [-0.05, 0) is 28.1 Å². The Morgan fingerprint density at radius 2 is 2.14 bits per heavy atom. The Bertz CT molecular complexity index is 668. The number of aromatic nitrogens is 2. The maximum Gasteiger partial charge on any atom is 0.250 e. The maximum absolute atomic E-state index is 12.2. The predicted octanol–water partition coefficient (Wildman–Crippen LogP) is 2.02. The fraction of sp³-hybridized carbons (Fsp3) is 0.214. The quantitative estimate of drug-likeness (QED) is 0.864. The molecular formula is C14H15BrN4O2. The number of hydrogen-bond acceptors (Lipinski definition) is 3. The molecule has 0 bridgehead atoms. The van der Waals surface area contributed by atoms with Crippen molar-refractivity contribution in [2.24, 2.45) is 11.7 Å². The molecule has 1 aromatic heterocycles. The van der Waals surface area contributed by atoms with Crippen molar-refractivity contribution in [1.82, 2.24) is 9.78 Å². The molecule has 0 aliphatic heterocycles. The van der Waals surface area contributed by atoms with E-state index in [1.807, 2.05) is 0 Å². The summed E-state index contributed by atoms with van der Waals surface area (Å²) >= 11 is 3.30. The molecule has 0 radical (unpaired) electrons. The number of rotatable bonds is 5. The van der Waals surface area contributed by atoms with Crippen molar-refractivity contribution < 1.29 is 9.59 Å². The third-order valence-corrected chi connectivity index (χ3v) is 3.37. The third-order valence-electron chi connectivity index (χ3n) is 2.96. The molecule has 3 N–H and O–H groups in total. The van der Waals surface area contributed by atoms with E-state index in [-0.39, 0.29) is 11.8 Å². The van der Waals surface area contributed by atoms with Crippen molar-refractivity contribution in [3.63, 3.8) is 0 Å². The summed E-state index contributed by atoms with van der Waals surface area (Å²) < 4.78 is 2.53. The summed E-state index contributed by atoms with van der Waals surface area (Å²) in [7, 11) is 0. The van der Waals surface area contributed by atoms with Gasteiger partial charge in [-0.25, -0.2) is 0 Å². The van der Waals surface area contributed by atoms with Gasteiger partial charge >= 0.3 is 0 Å². The monoisotopic (exact) mass is 350 g/mol. The van der Waals surface area contributed by atoms with Crippen LogP contribution in [-0.4, -0.2) is 21.6 Å². The lowest BCUT2D eigenvalue weighted by Gasteiger charge is -2.14. The third kappa shape index (κ3) is 3.91. The molecule has 6 nitrogen and oxygen atoms in total. The van der Waals surface area contributed by atoms with Gasteiger partial charge in [-0.1, -0.05) is 19.1 Å². The average molecular weight is 351 g/mol. The Morgan fingerprint density at radius 3 is 2.76 bits per heavy atom. The number of benzene rings is 1. The topological polar surface area (TPSA) is 90.0 Å². The molecule has 0 fully saturated rings. The van der Waals surface area contributed by atoms with E-state index in [0.29, 0.717) is 17.8 Å². The molecule has 110 valence electrons. The molecule has 2 rings (SSSR count). The number of halogens is 1. The van der Waals surface area contributed by atoms with E-state index in [1.54, 1.807) is 48.3 Å². The molecule has 0 aliphatic rings. The number of nitrogens with one attached hydrogen (secondary N) is 1. The summed E-state index contributed by atoms with van der Waals surface area (Å²) in [6.45, 7) is 2.23. The van der Waals surface area contributed by atoms with Crippen molar-refractivity contribution >= 4 is 33.4 Å². The van der Waals surface area contributed by atoms with E-state index in [1.165, 1.54) is 0 Å². The van der Waals surface area contributed by atoms with Crippen LogP contribution in [0.1, 0.15) is 17.3 Å². The van der Waals surface area contributed by atoms with E-state index in [0.717, 1.165) is 4.47 Å². The minimum atomic E-state index is -0.574. The van der Waals surface area contributed by atoms with Crippen LogP contribution in [0.3, 0.4) is 0 Å². The lowest BCUT2D eigenvalue weighted by atomic mass is 10.1. The van der Waals surface area contributed by atoms with E-state index in [2.05, 4.69) is 26.3 Å². The minimum absolute atomic E-state index is 0.199. The Morgan fingerprint density at radius 1 is 1.43 bits per heavy atom. The van der Waals surface area contributed by atoms with Gasteiger partial charge in [0, 0.05) is 6.20 Å². The highest BCUT2D eigenvalue weighted by molar-refractivity contribution is 9.10. The SMILES string of the molecule is C[C@@H](Cn1cc(Br)cn1)C(=O)Nc1ccccc1C(N)=O. The molecule has 0 aliphatic carbocycles. The summed E-state index contributed by atoms with van der Waals surface area (Å²) in [5, 5.41) is 6.83. The first-order valence-electron chi connectivity index (χ1n) is 6.35. The van der Waals surface area contributed by atoms with Crippen molar-refractivity contribution in [3.05, 3.63) is 46.7 Å². The molecule has 1 atom stereocenters. The number of amides is 2. The standard InChI is InChI=1S/C14H15BrN4O2/c1-9(7-19-8-10(15)6-17-19)14(21)18-12-5-3-2-4-11(12)13(16)20/h2-6,8-9H,7H2,1H3,(H2,16,20)(H,18,21)/t9-/m0/s1. The van der Waals surface area contributed by atoms with Gasteiger partial charge in [-0.2, -0.15) is 5.10 Å². The first-order valence-corrected chi connectivity index (χ1v) is 7.14. The zero-order valence-corrected chi connectivity index (χ0v) is 13.0. The van der Waals surface area contributed by atoms with E-state index in [9.17, 15) is 9.59 Å². The number of para-hydroxylation sites is 1. The number of carbonyl (C=O) groups excluding carboxylic acids is 2. The van der Waals surface area contributed by atoms with Crippen molar-refractivity contribution in [2.75, 3.05) is 5.32 Å². The van der Waals surface area contributed by atoms with Crippen LogP contribution < -0.4 is 11.1 Å². The Kier molecular flexibility index (Phi) is 4.74. The molecule has 1 aromatic carbocycles. The van der Waals surface area contributed by atoms with Crippen molar-refractivity contribution in [3.8, 4) is 0 Å². The van der Waals surface area contributed by atoms with Crippen LogP contribution in [-0.2, 0) is 11.3 Å². The summed E-state index contributed by atoms with van der Waals surface area (Å²) in [6.07, 6.45) is 3.45. The highest BCUT2D eigenvalue weighted by Crippen LogP contribution is 2.16. The first kappa shape index (κ1) is 15.2. The largest absolute Gasteiger partial charge is 0.366 e. The van der Waals surface area contributed by atoms with E-state index >= 15 is 0 Å². The van der Waals surface area contributed by atoms with Crippen LogP contribution in [0.25, 0.3) is 0 Å². The van der Waals surface area contributed by atoms with Crippen LogP contribution in [0.5, 0.6) is 0 Å². The van der Waals surface area contributed by atoms with Gasteiger partial charge in [-0.15, -0.1) is 0 Å². The highest BCUT2D eigenvalue weighted by atomic mass is 79.9. The molecule has 2 aromatic rings. The maximum atomic E-state index is 12.2. The van der Waals surface area contributed by atoms with Gasteiger partial charge in [-0.3, -0.25) is 14.3 Å². The zero-order chi connectivity index (χ0) is 15.4. The molecule has 2 amide bonds. The van der Waals surface area contributed by atoms with Crippen LogP contribution in [0, 0.1) is 5.92 Å². The predicted molar refractivity (Wildman–Crippen MR) is 82.7 cm³/mol. The molecule has 0 saturated heterocycles. The first-order chi connectivity index (χ1) is 9.97. The average Bonchev–Trinajstić information content (AvgIpc) is 2.84. The van der Waals surface area contributed by atoms with E-state index in [4.69, 9.17) is 5.73 Å². The van der Waals surface area contributed by atoms with Crippen LogP contribution in [0.15, 0.2) is 41.1 Å². The molecule has 0 saturated carbocycles. The smallest absolute Gasteiger partial charge is 0.250 e. The molecule has 0 spiro atoms. The summed E-state index contributed by atoms with van der Waals surface area (Å²) in [6, 6.07) is 6.65. The Hall–Kier alpha value is -2.15. The molecule has 1 heterocycles. The molecule has 0 unspecified atom stereocenters. The van der Waals surface area contributed by atoms with Gasteiger partial charge in [0.15, 0.2) is 0 Å². The zero-order valence-electron chi connectivity index (χ0n) is 11.4. The number of primary amides is 1.